The van der Waals surface area contributed by atoms with E-state index in [2.05, 4.69) is 10.6 Å². The zero-order valence-electron chi connectivity index (χ0n) is 15.3. The summed E-state index contributed by atoms with van der Waals surface area (Å²) >= 11 is 0. The first-order valence-corrected chi connectivity index (χ1v) is 9.67. The molecule has 4 nitrogen and oxygen atoms in total. The second-order valence-electron chi connectivity index (χ2n) is 7.64. The van der Waals surface area contributed by atoms with Gasteiger partial charge in [0, 0.05) is 6.54 Å². The Kier molecular flexibility index (Phi) is 5.39. The number of halogens is 1. The normalized spacial score (nSPS) is 23.8. The number of hydrogen-bond acceptors (Lipinski definition) is 3. The maximum absolute atomic E-state index is 13.0. The zero-order chi connectivity index (χ0) is 18.6. The molecule has 2 bridgehead atoms. The van der Waals surface area contributed by atoms with E-state index >= 15 is 0 Å². The second kappa shape index (κ2) is 8.09. The van der Waals surface area contributed by atoms with Crippen LogP contribution in [0.5, 0.6) is 5.75 Å². The smallest absolute Gasteiger partial charge is 0.410 e. The number of benzene rings is 2. The van der Waals surface area contributed by atoms with Gasteiger partial charge in [-0.3, -0.25) is 0 Å². The molecule has 0 radical (unpaired) electrons. The maximum Gasteiger partial charge on any atom is 0.412 e. The van der Waals surface area contributed by atoms with E-state index < -0.39 is 0 Å². The Labute approximate surface area is 159 Å². The van der Waals surface area contributed by atoms with Gasteiger partial charge in [-0.15, -0.1) is 0 Å². The molecule has 1 amide bonds. The number of carbonyl (C=O) groups is 1. The first-order chi connectivity index (χ1) is 13.2. The quantitative estimate of drug-likeness (QED) is 0.845. The predicted molar refractivity (Wildman–Crippen MR) is 102 cm³/mol. The summed E-state index contributed by atoms with van der Waals surface area (Å²) < 4.78 is 18.4. The molecule has 2 N–H and O–H groups in total. The molecule has 0 aromatic heterocycles. The van der Waals surface area contributed by atoms with Crippen LogP contribution in [0.15, 0.2) is 48.5 Å². The lowest BCUT2D eigenvalue weighted by Crippen LogP contribution is -2.44. The number of carbonyl (C=O) groups excluding carboxylic acids is 1. The molecule has 4 rings (SSSR count). The minimum absolute atomic E-state index is 0.231. The molecule has 1 saturated carbocycles. The molecule has 2 fully saturated rings. The van der Waals surface area contributed by atoms with Crippen LogP contribution in [0.1, 0.15) is 24.0 Å². The number of rotatable bonds is 5. The van der Waals surface area contributed by atoms with Crippen LogP contribution in [0.4, 0.5) is 9.18 Å². The van der Waals surface area contributed by atoms with Crippen LogP contribution >= 0.6 is 0 Å². The lowest BCUT2D eigenvalue weighted by atomic mass is 9.86. The van der Waals surface area contributed by atoms with E-state index in [1.54, 1.807) is 24.3 Å². The summed E-state index contributed by atoms with van der Waals surface area (Å²) in [6, 6.07) is 13.9. The fraction of sp³-hybridized carbons (Fsp3) is 0.409. The molecule has 27 heavy (non-hydrogen) atoms. The standard InChI is InChI=1S/C22H25FN2O2/c23-19-7-1-15(2-8-19)11-16-3-9-20(10-4-16)27-22(26)25-14-21-17-5-6-18(21)13-24-12-17/h1-4,7-10,17-18,21,24H,5-6,11-14H2,(H,25,26). The van der Waals surface area contributed by atoms with Gasteiger partial charge in [0.25, 0.3) is 0 Å². The second-order valence-corrected chi connectivity index (χ2v) is 7.64. The van der Waals surface area contributed by atoms with E-state index in [-0.39, 0.29) is 11.9 Å². The van der Waals surface area contributed by atoms with Crippen LogP contribution in [0.2, 0.25) is 0 Å². The number of nitrogens with one attached hydrogen (secondary N) is 2. The van der Waals surface area contributed by atoms with E-state index in [0.717, 1.165) is 24.2 Å². The summed E-state index contributed by atoms with van der Waals surface area (Å²) in [7, 11) is 0. The van der Waals surface area contributed by atoms with Gasteiger partial charge in [-0.25, -0.2) is 9.18 Å². The van der Waals surface area contributed by atoms with E-state index in [9.17, 15) is 9.18 Å². The Hall–Kier alpha value is -2.40. The Balaban J connectivity index is 1.26. The van der Waals surface area contributed by atoms with Crippen molar-refractivity contribution in [3.8, 4) is 5.75 Å². The summed E-state index contributed by atoms with van der Waals surface area (Å²) in [6.07, 6.45) is 2.84. The van der Waals surface area contributed by atoms with Gasteiger partial charge in [0.05, 0.1) is 0 Å². The molecule has 5 heteroatoms. The predicted octanol–water partition coefficient (Wildman–Crippen LogP) is 3.75. The van der Waals surface area contributed by atoms with E-state index in [1.807, 2.05) is 12.1 Å². The highest BCUT2D eigenvalue weighted by atomic mass is 19.1. The Morgan fingerprint density at radius 3 is 2.22 bits per heavy atom. The summed E-state index contributed by atoms with van der Waals surface area (Å²) in [5.74, 6) is 2.22. The molecule has 2 unspecified atom stereocenters. The van der Waals surface area contributed by atoms with Crippen LogP contribution in [0.3, 0.4) is 0 Å². The highest BCUT2D eigenvalue weighted by molar-refractivity contribution is 5.70. The SMILES string of the molecule is O=C(NCC1C2CCC1CNC2)Oc1ccc(Cc2ccc(F)cc2)cc1. The van der Waals surface area contributed by atoms with E-state index in [0.29, 0.717) is 36.5 Å². The molecule has 1 saturated heterocycles. The number of ether oxygens (including phenoxy) is 1. The third kappa shape index (κ3) is 4.48. The van der Waals surface area contributed by atoms with Gasteiger partial charge in [0.1, 0.15) is 11.6 Å². The van der Waals surface area contributed by atoms with Crippen molar-refractivity contribution in [1.82, 2.24) is 10.6 Å². The average Bonchev–Trinajstić information content (AvgIpc) is 2.89. The third-order valence-electron chi connectivity index (χ3n) is 5.87. The monoisotopic (exact) mass is 368 g/mol. The van der Waals surface area contributed by atoms with E-state index in [4.69, 9.17) is 4.74 Å². The van der Waals surface area contributed by atoms with Crippen LogP contribution in [-0.4, -0.2) is 25.7 Å². The van der Waals surface area contributed by atoms with Crippen LogP contribution in [0, 0.1) is 23.6 Å². The lowest BCUT2D eigenvalue weighted by Gasteiger charge is -2.30. The van der Waals surface area contributed by atoms with Crippen molar-refractivity contribution in [2.24, 2.45) is 17.8 Å². The minimum atomic E-state index is -0.390. The fourth-order valence-corrected chi connectivity index (χ4v) is 4.39. The number of amides is 1. The molecular weight excluding hydrogens is 343 g/mol. The first kappa shape index (κ1) is 18.0. The molecule has 2 aromatic carbocycles. The van der Waals surface area contributed by atoms with Gasteiger partial charge in [0.2, 0.25) is 0 Å². The molecule has 2 atom stereocenters. The van der Waals surface area contributed by atoms with Crippen molar-refractivity contribution in [2.75, 3.05) is 19.6 Å². The fourth-order valence-electron chi connectivity index (χ4n) is 4.39. The number of fused-ring (bicyclic) bond motifs is 2. The Bertz CT molecular complexity index is 760. The largest absolute Gasteiger partial charge is 0.412 e. The molecule has 0 spiro atoms. The van der Waals surface area contributed by atoms with Crippen molar-refractivity contribution in [1.29, 1.82) is 0 Å². The van der Waals surface area contributed by atoms with Gasteiger partial charge in [0.15, 0.2) is 0 Å². The van der Waals surface area contributed by atoms with Crippen molar-refractivity contribution < 1.29 is 13.9 Å². The zero-order valence-corrected chi connectivity index (χ0v) is 15.3. The molecule has 2 aromatic rings. The summed E-state index contributed by atoms with van der Waals surface area (Å²) in [5, 5.41) is 6.40. The van der Waals surface area contributed by atoms with Gasteiger partial charge in [-0.2, -0.15) is 0 Å². The highest BCUT2D eigenvalue weighted by Crippen LogP contribution is 2.38. The Morgan fingerprint density at radius 2 is 1.59 bits per heavy atom. The summed E-state index contributed by atoms with van der Waals surface area (Å²) in [5.41, 5.74) is 2.13. The van der Waals surface area contributed by atoms with Gasteiger partial charge < -0.3 is 15.4 Å². The van der Waals surface area contributed by atoms with Crippen molar-refractivity contribution in [2.45, 2.75) is 19.3 Å². The first-order valence-electron chi connectivity index (χ1n) is 9.67. The number of piperidine rings is 1. The molecule has 1 aliphatic heterocycles. The van der Waals surface area contributed by atoms with Crippen LogP contribution < -0.4 is 15.4 Å². The van der Waals surface area contributed by atoms with Crippen molar-refractivity contribution in [3.63, 3.8) is 0 Å². The molecule has 142 valence electrons. The Morgan fingerprint density at radius 1 is 1.00 bits per heavy atom. The lowest BCUT2D eigenvalue weighted by molar-refractivity contribution is 0.188. The molecule has 1 aliphatic carbocycles. The van der Waals surface area contributed by atoms with Gasteiger partial charge >= 0.3 is 6.09 Å². The van der Waals surface area contributed by atoms with E-state index in [1.165, 1.54) is 25.0 Å². The topological polar surface area (TPSA) is 50.4 Å². The van der Waals surface area contributed by atoms with Crippen molar-refractivity contribution in [3.05, 3.63) is 65.5 Å². The van der Waals surface area contributed by atoms with Crippen LogP contribution in [0.25, 0.3) is 0 Å². The molecule has 2 aliphatic rings. The number of hydrogen-bond donors (Lipinski definition) is 2. The van der Waals surface area contributed by atoms with Crippen molar-refractivity contribution >= 4 is 6.09 Å². The summed E-state index contributed by atoms with van der Waals surface area (Å²) in [4.78, 5) is 12.1. The van der Waals surface area contributed by atoms with Gasteiger partial charge in [-0.1, -0.05) is 24.3 Å². The van der Waals surface area contributed by atoms with Crippen LogP contribution in [-0.2, 0) is 6.42 Å². The highest BCUT2D eigenvalue weighted by Gasteiger charge is 2.38. The van der Waals surface area contributed by atoms with Gasteiger partial charge in [-0.05, 0) is 85.5 Å². The molecular formula is C22H25FN2O2. The third-order valence-corrected chi connectivity index (χ3v) is 5.87. The average molecular weight is 368 g/mol. The summed E-state index contributed by atoms with van der Waals surface area (Å²) in [6.45, 7) is 2.82. The molecule has 1 heterocycles. The maximum atomic E-state index is 13.0. The minimum Gasteiger partial charge on any atom is -0.410 e.